The number of nitrogens with zero attached hydrogens (tertiary/aromatic N) is 2. The molecule has 84 valence electrons. The molecule has 1 aromatic rings. The molecule has 0 radical (unpaired) electrons. The summed E-state index contributed by atoms with van der Waals surface area (Å²) in [5, 5.41) is 8.65. The van der Waals surface area contributed by atoms with Crippen molar-refractivity contribution in [3.05, 3.63) is 29.8 Å². The molecule has 0 aliphatic carbocycles. The summed E-state index contributed by atoms with van der Waals surface area (Å²) < 4.78 is 0. The highest BCUT2D eigenvalue weighted by Crippen LogP contribution is 2.14. The van der Waals surface area contributed by atoms with Crippen LogP contribution in [0.5, 0.6) is 0 Å². The lowest BCUT2D eigenvalue weighted by atomic mass is 10.2. The van der Waals surface area contributed by atoms with E-state index in [0.717, 1.165) is 5.69 Å². The van der Waals surface area contributed by atoms with Gasteiger partial charge in [-0.05, 0) is 37.2 Å². The Hall–Kier alpha value is -1.86. The van der Waals surface area contributed by atoms with Gasteiger partial charge in [-0.15, -0.1) is 0 Å². The Morgan fingerprint density at radius 3 is 2.56 bits per heavy atom. The summed E-state index contributed by atoms with van der Waals surface area (Å²) in [5.41, 5.74) is 6.73. The van der Waals surface area contributed by atoms with Crippen molar-refractivity contribution in [2.45, 2.75) is 12.8 Å². The maximum absolute atomic E-state index is 11.7. The van der Waals surface area contributed by atoms with E-state index in [1.54, 1.807) is 36.2 Å². The van der Waals surface area contributed by atoms with Crippen molar-refractivity contribution in [1.29, 1.82) is 5.26 Å². The lowest BCUT2D eigenvalue weighted by Crippen LogP contribution is -2.26. The molecule has 2 N–H and O–H groups in total. The third kappa shape index (κ3) is 3.07. The molecule has 0 saturated carbocycles. The monoisotopic (exact) mass is 217 g/mol. The summed E-state index contributed by atoms with van der Waals surface area (Å²) in [7, 11) is 1.72. The second-order valence-corrected chi connectivity index (χ2v) is 3.50. The Kier molecular flexibility index (Phi) is 4.49. The molecule has 0 spiro atoms. The smallest absolute Gasteiger partial charge is 0.226 e. The lowest BCUT2D eigenvalue weighted by Gasteiger charge is -2.17. The molecule has 1 aromatic carbocycles. The van der Waals surface area contributed by atoms with Crippen LogP contribution in [0.2, 0.25) is 0 Å². The Morgan fingerprint density at radius 2 is 2.06 bits per heavy atom. The number of hydrogen-bond donors (Lipinski definition) is 1. The molecule has 1 rings (SSSR count). The van der Waals surface area contributed by atoms with Gasteiger partial charge in [-0.25, -0.2) is 0 Å². The molecule has 0 aromatic heterocycles. The van der Waals surface area contributed by atoms with Gasteiger partial charge in [0, 0.05) is 19.2 Å². The zero-order valence-corrected chi connectivity index (χ0v) is 9.31. The molecule has 4 nitrogen and oxygen atoms in total. The van der Waals surface area contributed by atoms with Gasteiger partial charge in [-0.1, -0.05) is 0 Å². The van der Waals surface area contributed by atoms with Crippen LogP contribution in [-0.4, -0.2) is 19.5 Å². The fraction of sp³-hybridized carbons (Fsp3) is 0.333. The van der Waals surface area contributed by atoms with E-state index in [2.05, 4.69) is 0 Å². The van der Waals surface area contributed by atoms with Crippen LogP contribution >= 0.6 is 0 Å². The molecule has 0 fully saturated rings. The fourth-order valence-corrected chi connectivity index (χ4v) is 1.32. The summed E-state index contributed by atoms with van der Waals surface area (Å²) in [6, 6.07) is 8.96. The van der Waals surface area contributed by atoms with Crippen LogP contribution in [0.1, 0.15) is 18.4 Å². The summed E-state index contributed by atoms with van der Waals surface area (Å²) in [6.07, 6.45) is 1.15. The van der Waals surface area contributed by atoms with Gasteiger partial charge in [0.25, 0.3) is 0 Å². The zero-order chi connectivity index (χ0) is 12.0. The third-order valence-corrected chi connectivity index (χ3v) is 2.35. The molecule has 1 amide bonds. The first kappa shape index (κ1) is 12.2. The standard InChI is InChI=1S/C12H15N3O/c1-15(12(16)3-2-8-13)11-6-4-10(9-14)5-7-11/h4-7H,2-3,8,13H2,1H3. The number of hydrogen-bond acceptors (Lipinski definition) is 3. The quantitative estimate of drug-likeness (QED) is 0.825. The van der Waals surface area contributed by atoms with Gasteiger partial charge in [-0.3, -0.25) is 4.79 Å². The Morgan fingerprint density at radius 1 is 1.44 bits per heavy atom. The second kappa shape index (κ2) is 5.89. The van der Waals surface area contributed by atoms with Gasteiger partial charge in [0.15, 0.2) is 0 Å². The summed E-state index contributed by atoms with van der Waals surface area (Å²) in [5.74, 6) is 0.0372. The van der Waals surface area contributed by atoms with Crippen LogP contribution < -0.4 is 10.6 Å². The van der Waals surface area contributed by atoms with Crippen LogP contribution in [0, 0.1) is 11.3 Å². The summed E-state index contributed by atoms with van der Waals surface area (Å²) >= 11 is 0. The highest BCUT2D eigenvalue weighted by Gasteiger charge is 2.09. The lowest BCUT2D eigenvalue weighted by molar-refractivity contribution is -0.118. The van der Waals surface area contributed by atoms with E-state index in [1.165, 1.54) is 0 Å². The molecule has 0 atom stereocenters. The molecule has 0 aliphatic heterocycles. The van der Waals surface area contributed by atoms with Gasteiger partial charge in [0.2, 0.25) is 5.91 Å². The van der Waals surface area contributed by atoms with Crippen molar-refractivity contribution < 1.29 is 4.79 Å². The first-order chi connectivity index (χ1) is 7.69. The van der Waals surface area contributed by atoms with Gasteiger partial charge in [0.05, 0.1) is 11.6 Å². The van der Waals surface area contributed by atoms with E-state index < -0.39 is 0 Å². The van der Waals surface area contributed by atoms with Crippen LogP contribution in [0.3, 0.4) is 0 Å². The van der Waals surface area contributed by atoms with Gasteiger partial charge in [0.1, 0.15) is 0 Å². The molecular weight excluding hydrogens is 202 g/mol. The van der Waals surface area contributed by atoms with E-state index in [1.807, 2.05) is 6.07 Å². The average Bonchev–Trinajstić information content (AvgIpc) is 2.35. The number of nitriles is 1. The Labute approximate surface area is 95.3 Å². The zero-order valence-electron chi connectivity index (χ0n) is 9.31. The average molecular weight is 217 g/mol. The number of carbonyl (C=O) groups is 1. The third-order valence-electron chi connectivity index (χ3n) is 2.35. The Bertz CT molecular complexity index is 392. The van der Waals surface area contributed by atoms with Crippen LogP contribution in [0.4, 0.5) is 5.69 Å². The summed E-state index contributed by atoms with van der Waals surface area (Å²) in [6.45, 7) is 0.521. The maximum atomic E-state index is 11.7. The highest BCUT2D eigenvalue weighted by molar-refractivity contribution is 5.92. The molecule has 0 saturated heterocycles. The molecule has 0 aliphatic rings. The molecule has 4 heteroatoms. The van der Waals surface area contributed by atoms with Gasteiger partial charge < -0.3 is 10.6 Å². The largest absolute Gasteiger partial charge is 0.330 e. The SMILES string of the molecule is CN(C(=O)CCCN)c1ccc(C#N)cc1. The van der Waals surface area contributed by atoms with Crippen LogP contribution in [0.15, 0.2) is 24.3 Å². The van der Waals surface area contributed by atoms with Crippen molar-refractivity contribution in [3.63, 3.8) is 0 Å². The summed E-state index contributed by atoms with van der Waals surface area (Å²) in [4.78, 5) is 13.2. The van der Waals surface area contributed by atoms with E-state index in [4.69, 9.17) is 11.0 Å². The van der Waals surface area contributed by atoms with E-state index >= 15 is 0 Å². The van der Waals surface area contributed by atoms with Crippen LogP contribution in [-0.2, 0) is 4.79 Å². The Balaban J connectivity index is 2.69. The minimum atomic E-state index is 0.0372. The normalized spacial score (nSPS) is 9.56. The number of carbonyl (C=O) groups excluding carboxylic acids is 1. The number of anilines is 1. The van der Waals surface area contributed by atoms with Crippen LogP contribution in [0.25, 0.3) is 0 Å². The molecule has 0 unspecified atom stereocenters. The van der Waals surface area contributed by atoms with Crippen molar-refractivity contribution in [2.24, 2.45) is 5.73 Å². The van der Waals surface area contributed by atoms with Crippen molar-refractivity contribution in [3.8, 4) is 6.07 Å². The van der Waals surface area contributed by atoms with Crippen molar-refractivity contribution in [1.82, 2.24) is 0 Å². The van der Waals surface area contributed by atoms with Gasteiger partial charge >= 0.3 is 0 Å². The molecular formula is C12H15N3O. The molecule has 0 bridgehead atoms. The molecule has 16 heavy (non-hydrogen) atoms. The van der Waals surface area contributed by atoms with E-state index in [-0.39, 0.29) is 5.91 Å². The van der Waals surface area contributed by atoms with Gasteiger partial charge in [-0.2, -0.15) is 5.26 Å². The number of amides is 1. The second-order valence-electron chi connectivity index (χ2n) is 3.50. The number of benzene rings is 1. The predicted octanol–water partition coefficient (Wildman–Crippen LogP) is 1.26. The minimum absolute atomic E-state index is 0.0372. The van der Waals surface area contributed by atoms with Crippen molar-refractivity contribution in [2.75, 3.05) is 18.5 Å². The fourth-order valence-electron chi connectivity index (χ4n) is 1.32. The number of rotatable bonds is 4. The van der Waals surface area contributed by atoms with E-state index in [9.17, 15) is 4.79 Å². The van der Waals surface area contributed by atoms with Crippen molar-refractivity contribution >= 4 is 11.6 Å². The van der Waals surface area contributed by atoms with E-state index in [0.29, 0.717) is 24.9 Å². The predicted molar refractivity (Wildman–Crippen MR) is 62.9 cm³/mol. The highest BCUT2D eigenvalue weighted by atomic mass is 16.2. The maximum Gasteiger partial charge on any atom is 0.226 e. The first-order valence-corrected chi connectivity index (χ1v) is 5.16. The minimum Gasteiger partial charge on any atom is -0.330 e. The number of nitrogens with two attached hydrogens (primary N) is 1. The molecule has 0 heterocycles. The topological polar surface area (TPSA) is 70.1 Å². The first-order valence-electron chi connectivity index (χ1n) is 5.16.